The normalized spacial score (nSPS) is 15.7. The number of aryl methyl sites for hydroxylation is 2. The first-order valence-corrected chi connectivity index (χ1v) is 23.4. The molecule has 0 aliphatic carbocycles. The van der Waals surface area contributed by atoms with Gasteiger partial charge in [-0.05, 0) is 112 Å². The van der Waals surface area contributed by atoms with Gasteiger partial charge in [0.1, 0.15) is 29.0 Å². The van der Waals surface area contributed by atoms with E-state index in [1.807, 2.05) is 30.9 Å². The fourth-order valence-electron chi connectivity index (χ4n) is 9.17. The van der Waals surface area contributed by atoms with Gasteiger partial charge >= 0.3 is 0 Å². The van der Waals surface area contributed by atoms with Crippen LogP contribution >= 0.6 is 0 Å². The van der Waals surface area contributed by atoms with Crippen molar-refractivity contribution in [3.63, 3.8) is 0 Å². The number of furan rings is 2. The smallest absolute Gasteiger partial charge is 0.291 e. The minimum absolute atomic E-state index is 0. The Balaban J connectivity index is 0.000000230. The van der Waals surface area contributed by atoms with Gasteiger partial charge in [-0.25, -0.2) is 23.7 Å². The third kappa shape index (κ3) is 11.1. The third-order valence-electron chi connectivity index (χ3n) is 13.1. The number of hydrogen-bond donors (Lipinski definition) is 2. The Hall–Kier alpha value is -5.83. The summed E-state index contributed by atoms with van der Waals surface area (Å²) in [6.45, 7) is 27.4. The molecular weight excluding hydrogens is 1100 g/mol. The number of nitrogens with two attached hydrogens (primary N) is 1. The van der Waals surface area contributed by atoms with E-state index >= 15 is 0 Å². The number of amides is 3. The first-order chi connectivity index (χ1) is 32.3. The number of rotatable bonds is 5. The average Bonchev–Trinajstić information content (AvgIpc) is 4.07. The summed E-state index contributed by atoms with van der Waals surface area (Å²) < 4.78 is 40.0. The zero-order valence-electron chi connectivity index (χ0n) is 42.4. The van der Waals surface area contributed by atoms with Gasteiger partial charge in [0.25, 0.3) is 17.7 Å². The van der Waals surface area contributed by atoms with Crippen LogP contribution in [0, 0.1) is 25.5 Å². The number of halogens is 3. The van der Waals surface area contributed by atoms with E-state index in [4.69, 9.17) is 18.8 Å². The zero-order valence-corrected chi connectivity index (χ0v) is 46.1. The molecule has 0 bridgehead atoms. The molecule has 2 fully saturated rings. The summed E-state index contributed by atoms with van der Waals surface area (Å²) in [5.41, 5.74) is 7.04. The molecule has 71 heavy (non-hydrogen) atoms. The minimum Gasteiger partial charge on any atom is -1.00 e. The van der Waals surface area contributed by atoms with E-state index in [2.05, 4.69) is 75.9 Å². The summed E-state index contributed by atoms with van der Waals surface area (Å²) in [7, 11) is 0. The van der Waals surface area contributed by atoms with Crippen LogP contribution in [0.3, 0.4) is 0 Å². The summed E-state index contributed by atoms with van der Waals surface area (Å²) in [6.07, 6.45) is 1.29. The first kappa shape index (κ1) is 54.5. The van der Waals surface area contributed by atoms with Crippen molar-refractivity contribution >= 4 is 39.9 Å². The van der Waals surface area contributed by atoms with Crippen LogP contribution in [-0.4, -0.2) is 108 Å². The Bertz CT molecular complexity index is 3120. The number of H-pyrrole nitrogens is 1. The Morgan fingerprint density at radius 1 is 0.676 bits per heavy atom. The summed E-state index contributed by atoms with van der Waals surface area (Å²) in [6, 6.07) is 17.3. The summed E-state index contributed by atoms with van der Waals surface area (Å²) in [5, 5.41) is 8.59. The number of pyridine rings is 2. The maximum atomic E-state index is 13.9. The molecule has 0 unspecified atom stereocenters. The van der Waals surface area contributed by atoms with Gasteiger partial charge in [-0.2, -0.15) is 5.10 Å². The van der Waals surface area contributed by atoms with Crippen molar-refractivity contribution in [3.8, 4) is 22.5 Å². The summed E-state index contributed by atoms with van der Waals surface area (Å²) in [5.74, 6) is -0.455. The second-order valence-corrected chi connectivity index (χ2v) is 21.6. The van der Waals surface area contributed by atoms with Crippen molar-refractivity contribution in [2.45, 2.75) is 105 Å². The number of carbonyl (C=O) groups excluding carboxylic acids is 3. The molecule has 5 aromatic heterocycles. The van der Waals surface area contributed by atoms with Crippen molar-refractivity contribution in [1.82, 2.24) is 39.8 Å². The number of carbonyl (C=O) groups is 3. The Labute approximate surface area is 433 Å². The summed E-state index contributed by atoms with van der Waals surface area (Å²) in [4.78, 5) is 58.6. The Morgan fingerprint density at radius 3 is 1.56 bits per heavy atom. The van der Waals surface area contributed by atoms with Gasteiger partial charge in [0.2, 0.25) is 5.82 Å². The van der Waals surface area contributed by atoms with Crippen molar-refractivity contribution in [2.24, 2.45) is 0 Å². The van der Waals surface area contributed by atoms with Crippen molar-refractivity contribution in [3.05, 3.63) is 118 Å². The molecule has 14 nitrogen and oxygen atoms in total. The molecule has 0 atom stereocenters. The first-order valence-electron chi connectivity index (χ1n) is 23.4. The van der Waals surface area contributed by atoms with E-state index in [9.17, 15) is 23.2 Å². The Morgan fingerprint density at radius 2 is 1.15 bits per heavy atom. The van der Waals surface area contributed by atoms with E-state index in [-0.39, 0.29) is 90.8 Å². The molecule has 7 heterocycles. The molecule has 376 valence electrons. The molecule has 3 amide bonds. The van der Waals surface area contributed by atoms with Gasteiger partial charge in [-0.15, -0.1) is 0 Å². The van der Waals surface area contributed by atoms with Crippen LogP contribution < -0.4 is 17.7 Å². The minimum atomic E-state index is -0.652. The van der Waals surface area contributed by atoms with Crippen molar-refractivity contribution in [1.29, 1.82) is 0 Å². The number of nitrogens with zero attached hydrogens (tertiary/aromatic N) is 7. The molecule has 0 saturated carbocycles. The number of aromatic amines is 1. The molecule has 0 radical (unpaired) electrons. The predicted octanol–water partition coefficient (Wildman–Crippen LogP) is 5.77. The topological polar surface area (TPSA) is 171 Å². The van der Waals surface area contributed by atoms with E-state index in [1.54, 1.807) is 60.0 Å². The van der Waals surface area contributed by atoms with Crippen molar-refractivity contribution < 1.29 is 70.8 Å². The van der Waals surface area contributed by atoms with E-state index < -0.39 is 5.54 Å². The molecule has 18 heteroatoms. The molecular formula is C53H62ClF2N9O5W. The molecule has 2 aliphatic heterocycles. The maximum absolute atomic E-state index is 13.9. The summed E-state index contributed by atoms with van der Waals surface area (Å²) >= 11 is 0. The van der Waals surface area contributed by atoms with Gasteiger partial charge in [-0.3, -0.25) is 19.5 Å². The van der Waals surface area contributed by atoms with E-state index in [0.29, 0.717) is 71.0 Å². The van der Waals surface area contributed by atoms with Gasteiger partial charge in [0, 0.05) is 75.1 Å². The van der Waals surface area contributed by atoms with Crippen LogP contribution in [0.25, 0.3) is 44.7 Å². The largest absolute Gasteiger partial charge is 1.00 e. The number of quaternary nitrogens is 1. The quantitative estimate of drug-likeness (QED) is 0.217. The fraction of sp³-hybridized carbons (Fsp3) is 0.415. The fourth-order valence-corrected chi connectivity index (χ4v) is 9.17. The molecule has 7 aromatic rings. The van der Waals surface area contributed by atoms with Crippen LogP contribution in [-0.2, 0) is 31.9 Å². The molecule has 2 aromatic carbocycles. The van der Waals surface area contributed by atoms with Crippen LogP contribution in [0.15, 0.2) is 75.8 Å². The zero-order chi connectivity index (χ0) is 50.0. The van der Waals surface area contributed by atoms with Gasteiger partial charge in [0.05, 0.1) is 42.1 Å². The van der Waals surface area contributed by atoms with Crippen LogP contribution in [0.2, 0.25) is 0 Å². The SMILES string of the molecule is Cc1cc(-c2cc(C(C)(C)C)c3oc(C(=O)N4CCN(C(=O)c5ncn[nH]5)CC4(C)C)cc3n2)ccc1F.Cc1cc(-c2cc(C(C)(C)C)c3oc(C(=O)N4CC[NH2+]CC4(C)C)cc3n2)ccc1F.[Cl-].[W]. The molecule has 2 saturated heterocycles. The van der Waals surface area contributed by atoms with Gasteiger partial charge in [0.15, 0.2) is 22.7 Å². The molecule has 0 spiro atoms. The van der Waals surface area contributed by atoms with Gasteiger partial charge < -0.3 is 41.3 Å². The van der Waals surface area contributed by atoms with Gasteiger partial charge in [-0.1, -0.05) is 41.5 Å². The number of hydrogen-bond acceptors (Lipinski definition) is 9. The monoisotopic (exact) mass is 1160 g/mol. The number of piperazine rings is 2. The predicted molar refractivity (Wildman–Crippen MR) is 260 cm³/mol. The van der Waals surface area contributed by atoms with Crippen LogP contribution in [0.4, 0.5) is 8.78 Å². The maximum Gasteiger partial charge on any atom is 0.291 e. The second-order valence-electron chi connectivity index (χ2n) is 21.6. The standard InChI is InChI=1S/C28H31FN6O3.C25H30FN3O2.ClH.W/c1-16-11-17(7-8-19(16)29)20-12-18(27(2,3)4)23-21(32-20)13-22(38-23)25(36)35-10-9-34(14-28(35,5)6)26(37)24-30-15-31-33-24;1-15-11-16(7-8-18(15)26)19-12-17(24(2,3)4)22-20(28-19)13-21(31-22)23(30)29-10-9-27-14-25(29,5)6;;/h7-8,11-13,15H,9-10,14H2,1-6H3,(H,30,31,33);7-8,11-13,27H,9-10,14H2,1-6H3;1H;. The number of benzene rings is 2. The second kappa shape index (κ2) is 20.4. The average molecular weight is 1160 g/mol. The van der Waals surface area contributed by atoms with Crippen LogP contribution in [0.1, 0.15) is 123 Å². The van der Waals surface area contributed by atoms with Crippen LogP contribution in [0.5, 0.6) is 0 Å². The Kier molecular flexibility index (Phi) is 15.6. The van der Waals surface area contributed by atoms with E-state index in [0.717, 1.165) is 41.0 Å². The number of fused-ring (bicyclic) bond motifs is 2. The molecule has 3 N–H and O–H groups in total. The molecule has 2 aliphatic rings. The van der Waals surface area contributed by atoms with Crippen molar-refractivity contribution in [2.75, 3.05) is 39.3 Å². The third-order valence-corrected chi connectivity index (χ3v) is 13.1. The number of aromatic nitrogens is 5. The molecule has 9 rings (SSSR count). The van der Waals surface area contributed by atoms with E-state index in [1.165, 1.54) is 18.5 Å². The number of nitrogens with one attached hydrogen (secondary N) is 1.